The number of ether oxygens (including phenoxy) is 1. The second kappa shape index (κ2) is 5.40. The fraction of sp³-hybridized carbons (Fsp3) is 0.667. The van der Waals surface area contributed by atoms with Crippen LogP contribution in [0.3, 0.4) is 0 Å². The molecule has 2 aliphatic rings. The monoisotopic (exact) mass is 273 g/mol. The zero-order chi connectivity index (χ0) is 14.2. The van der Waals surface area contributed by atoms with E-state index in [0.717, 1.165) is 43.3 Å². The van der Waals surface area contributed by atoms with Gasteiger partial charge in [0, 0.05) is 18.4 Å². The summed E-state index contributed by atoms with van der Waals surface area (Å²) in [6, 6.07) is 8.40. The lowest BCUT2D eigenvalue weighted by Gasteiger charge is -2.39. The van der Waals surface area contributed by atoms with Crippen molar-refractivity contribution in [3.63, 3.8) is 0 Å². The van der Waals surface area contributed by atoms with Crippen molar-refractivity contribution in [2.45, 2.75) is 64.0 Å². The molecule has 0 spiro atoms. The van der Waals surface area contributed by atoms with E-state index >= 15 is 0 Å². The normalized spacial score (nSPS) is 33.0. The number of rotatable bonds is 3. The molecule has 0 amide bonds. The molecule has 1 saturated carbocycles. The standard InChI is InChI=1S/C18H27NO/c1-13(2)14-7-9-18(19,10-8-14)12-16-11-15-5-3-4-6-17(15)20-16/h3-6,13-14,16H,7-12,19H2,1-2H3. The first-order valence-corrected chi connectivity index (χ1v) is 8.09. The van der Waals surface area contributed by atoms with Crippen LogP contribution in [-0.2, 0) is 6.42 Å². The molecule has 1 heterocycles. The Morgan fingerprint density at radius 1 is 1.25 bits per heavy atom. The molecule has 2 heteroatoms. The Morgan fingerprint density at radius 2 is 1.95 bits per heavy atom. The van der Waals surface area contributed by atoms with Gasteiger partial charge in [-0.2, -0.15) is 0 Å². The van der Waals surface area contributed by atoms with Crippen LogP contribution in [0.2, 0.25) is 0 Å². The number of hydrogen-bond donors (Lipinski definition) is 1. The van der Waals surface area contributed by atoms with Crippen LogP contribution in [0.15, 0.2) is 24.3 Å². The van der Waals surface area contributed by atoms with E-state index in [9.17, 15) is 0 Å². The molecule has 1 aliphatic carbocycles. The second-order valence-corrected chi connectivity index (χ2v) is 7.20. The van der Waals surface area contributed by atoms with Crippen molar-refractivity contribution in [3.05, 3.63) is 29.8 Å². The molecule has 1 unspecified atom stereocenters. The molecule has 1 aliphatic heterocycles. The Kier molecular flexibility index (Phi) is 3.76. The number of hydrogen-bond acceptors (Lipinski definition) is 2. The molecular weight excluding hydrogens is 246 g/mol. The van der Waals surface area contributed by atoms with E-state index in [1.165, 1.54) is 18.4 Å². The van der Waals surface area contributed by atoms with Crippen LogP contribution in [0.1, 0.15) is 51.5 Å². The van der Waals surface area contributed by atoms with E-state index < -0.39 is 0 Å². The Labute approximate surface area is 122 Å². The van der Waals surface area contributed by atoms with Gasteiger partial charge in [-0.1, -0.05) is 32.0 Å². The predicted octanol–water partition coefficient (Wildman–Crippen LogP) is 3.92. The summed E-state index contributed by atoms with van der Waals surface area (Å²) in [5, 5.41) is 0. The molecule has 0 radical (unpaired) electrons. The van der Waals surface area contributed by atoms with E-state index in [0.29, 0.717) is 0 Å². The molecular formula is C18H27NO. The number of nitrogens with two attached hydrogens (primary N) is 1. The number of para-hydroxylation sites is 1. The van der Waals surface area contributed by atoms with Crippen LogP contribution in [0.5, 0.6) is 5.75 Å². The average molecular weight is 273 g/mol. The molecule has 2 N–H and O–H groups in total. The van der Waals surface area contributed by atoms with E-state index in [1.54, 1.807) is 0 Å². The SMILES string of the molecule is CC(C)C1CCC(N)(CC2Cc3ccccc3O2)CC1. The molecule has 0 saturated heterocycles. The van der Waals surface area contributed by atoms with Gasteiger partial charge in [0.2, 0.25) is 0 Å². The maximum Gasteiger partial charge on any atom is 0.123 e. The lowest BCUT2D eigenvalue weighted by Crippen LogP contribution is -2.47. The maximum absolute atomic E-state index is 6.66. The van der Waals surface area contributed by atoms with Gasteiger partial charge in [-0.05, 0) is 49.1 Å². The van der Waals surface area contributed by atoms with Gasteiger partial charge in [0.05, 0.1) is 0 Å². The van der Waals surface area contributed by atoms with Gasteiger partial charge in [-0.25, -0.2) is 0 Å². The third-order valence-electron chi connectivity index (χ3n) is 5.32. The van der Waals surface area contributed by atoms with Gasteiger partial charge in [-0.15, -0.1) is 0 Å². The topological polar surface area (TPSA) is 35.2 Å². The third-order valence-corrected chi connectivity index (χ3v) is 5.32. The summed E-state index contributed by atoms with van der Waals surface area (Å²) in [5.41, 5.74) is 8.00. The van der Waals surface area contributed by atoms with E-state index in [1.807, 2.05) is 6.07 Å². The van der Waals surface area contributed by atoms with Crippen molar-refractivity contribution in [2.75, 3.05) is 0 Å². The van der Waals surface area contributed by atoms with Gasteiger partial charge < -0.3 is 10.5 Å². The fourth-order valence-corrected chi connectivity index (χ4v) is 3.91. The highest BCUT2D eigenvalue weighted by molar-refractivity contribution is 5.37. The highest BCUT2D eigenvalue weighted by Gasteiger charge is 2.37. The minimum absolute atomic E-state index is 0.00189. The van der Waals surface area contributed by atoms with Gasteiger partial charge in [0.15, 0.2) is 0 Å². The molecule has 20 heavy (non-hydrogen) atoms. The largest absolute Gasteiger partial charge is 0.490 e. The van der Waals surface area contributed by atoms with E-state index in [2.05, 4.69) is 32.0 Å². The summed E-state index contributed by atoms with van der Waals surface area (Å²) in [7, 11) is 0. The Hall–Kier alpha value is -1.02. The van der Waals surface area contributed by atoms with Crippen LogP contribution >= 0.6 is 0 Å². The Morgan fingerprint density at radius 3 is 2.60 bits per heavy atom. The van der Waals surface area contributed by atoms with Crippen LogP contribution in [0.25, 0.3) is 0 Å². The molecule has 110 valence electrons. The predicted molar refractivity (Wildman–Crippen MR) is 82.9 cm³/mol. The molecule has 1 aromatic rings. The Balaban J connectivity index is 1.57. The second-order valence-electron chi connectivity index (χ2n) is 7.20. The maximum atomic E-state index is 6.66. The zero-order valence-electron chi connectivity index (χ0n) is 12.8. The van der Waals surface area contributed by atoms with Crippen molar-refractivity contribution in [2.24, 2.45) is 17.6 Å². The minimum Gasteiger partial charge on any atom is -0.490 e. The number of fused-ring (bicyclic) bond motifs is 1. The quantitative estimate of drug-likeness (QED) is 0.905. The van der Waals surface area contributed by atoms with Crippen LogP contribution in [0.4, 0.5) is 0 Å². The highest BCUT2D eigenvalue weighted by atomic mass is 16.5. The summed E-state index contributed by atoms with van der Waals surface area (Å²) >= 11 is 0. The summed E-state index contributed by atoms with van der Waals surface area (Å²) < 4.78 is 6.07. The average Bonchev–Trinajstić information content (AvgIpc) is 2.80. The van der Waals surface area contributed by atoms with Crippen LogP contribution in [-0.4, -0.2) is 11.6 Å². The first kappa shape index (κ1) is 13.9. The lowest BCUT2D eigenvalue weighted by molar-refractivity contribution is 0.127. The fourth-order valence-electron chi connectivity index (χ4n) is 3.91. The molecule has 2 nitrogen and oxygen atoms in total. The molecule has 0 bridgehead atoms. The van der Waals surface area contributed by atoms with E-state index in [-0.39, 0.29) is 11.6 Å². The molecule has 3 rings (SSSR count). The van der Waals surface area contributed by atoms with Gasteiger partial charge >= 0.3 is 0 Å². The van der Waals surface area contributed by atoms with Gasteiger partial charge in [-0.3, -0.25) is 0 Å². The van der Waals surface area contributed by atoms with Crippen molar-refractivity contribution < 1.29 is 4.74 Å². The summed E-state index contributed by atoms with van der Waals surface area (Å²) in [5.74, 6) is 2.73. The summed E-state index contributed by atoms with van der Waals surface area (Å²) in [6.45, 7) is 4.68. The third kappa shape index (κ3) is 2.85. The highest BCUT2D eigenvalue weighted by Crippen LogP contribution is 2.39. The van der Waals surface area contributed by atoms with Crippen LogP contribution < -0.4 is 10.5 Å². The van der Waals surface area contributed by atoms with Crippen molar-refractivity contribution in [1.29, 1.82) is 0 Å². The zero-order valence-corrected chi connectivity index (χ0v) is 12.8. The van der Waals surface area contributed by atoms with Crippen molar-refractivity contribution >= 4 is 0 Å². The summed E-state index contributed by atoms with van der Waals surface area (Å²) in [4.78, 5) is 0. The van der Waals surface area contributed by atoms with Crippen molar-refractivity contribution in [3.8, 4) is 5.75 Å². The Bertz CT molecular complexity index is 435. The molecule has 1 atom stereocenters. The van der Waals surface area contributed by atoms with Gasteiger partial charge in [0.1, 0.15) is 11.9 Å². The first-order valence-electron chi connectivity index (χ1n) is 8.09. The minimum atomic E-state index is -0.00189. The lowest BCUT2D eigenvalue weighted by atomic mass is 9.71. The molecule has 0 aromatic heterocycles. The summed E-state index contributed by atoms with van der Waals surface area (Å²) in [6.07, 6.45) is 7.21. The molecule has 1 fully saturated rings. The van der Waals surface area contributed by atoms with Gasteiger partial charge in [0.25, 0.3) is 0 Å². The van der Waals surface area contributed by atoms with Crippen LogP contribution in [0, 0.1) is 11.8 Å². The smallest absolute Gasteiger partial charge is 0.123 e. The van der Waals surface area contributed by atoms with E-state index in [4.69, 9.17) is 10.5 Å². The molecule has 1 aromatic carbocycles. The first-order chi connectivity index (χ1) is 9.56. The number of benzene rings is 1. The van der Waals surface area contributed by atoms with Crippen molar-refractivity contribution in [1.82, 2.24) is 0 Å².